The van der Waals surface area contributed by atoms with E-state index in [-0.39, 0.29) is 0 Å². The molecule has 4 aromatic carbocycles. The summed E-state index contributed by atoms with van der Waals surface area (Å²) < 4.78 is 0. The van der Waals surface area contributed by atoms with E-state index in [1.807, 2.05) is 0 Å². The maximum atomic E-state index is 2.29. The first kappa shape index (κ1) is 18.3. The highest BCUT2D eigenvalue weighted by molar-refractivity contribution is 7.98. The van der Waals surface area contributed by atoms with Gasteiger partial charge in [0.1, 0.15) is 0 Å². The molecule has 0 aliphatic carbocycles. The van der Waals surface area contributed by atoms with Crippen molar-refractivity contribution in [1.29, 1.82) is 0 Å². The third kappa shape index (κ3) is 3.95. The zero-order chi connectivity index (χ0) is 19.2. The zero-order valence-electron chi connectivity index (χ0n) is 15.9. The third-order valence-electron chi connectivity index (χ3n) is 4.81. The second-order valence-corrected chi connectivity index (χ2v) is 7.43. The number of rotatable bonds is 5. The van der Waals surface area contributed by atoms with Crippen LogP contribution in [0.15, 0.2) is 114 Å². The molecular weight excluding hydrogens is 356 g/mol. The number of hydrogen-bond acceptors (Lipinski definition) is 1. The van der Waals surface area contributed by atoms with Gasteiger partial charge in [0.15, 0.2) is 0 Å². The van der Waals surface area contributed by atoms with Crippen molar-refractivity contribution < 1.29 is 0 Å². The molecule has 0 saturated carbocycles. The fourth-order valence-electron chi connectivity index (χ4n) is 3.47. The minimum atomic E-state index is 1.20. The second kappa shape index (κ2) is 8.77. The second-order valence-electron chi connectivity index (χ2n) is 6.58. The van der Waals surface area contributed by atoms with E-state index in [0.29, 0.717) is 0 Å². The van der Waals surface area contributed by atoms with Gasteiger partial charge >= 0.3 is 0 Å². The van der Waals surface area contributed by atoms with E-state index in [1.165, 1.54) is 38.3 Å². The molecule has 0 spiro atoms. The van der Waals surface area contributed by atoms with Crippen molar-refractivity contribution in [2.45, 2.75) is 4.90 Å². The Labute approximate surface area is 171 Å². The van der Waals surface area contributed by atoms with E-state index in [4.69, 9.17) is 0 Å². The Morgan fingerprint density at radius 2 is 1.18 bits per heavy atom. The fraction of sp³-hybridized carbons (Fsp3) is 0.0370. The summed E-state index contributed by atoms with van der Waals surface area (Å²) in [6.07, 6.45) is 4.43. The first-order chi connectivity index (χ1) is 13.9. The molecule has 4 rings (SSSR count). The van der Waals surface area contributed by atoms with Crippen LogP contribution in [0.25, 0.3) is 22.8 Å². The van der Waals surface area contributed by atoms with Gasteiger partial charge in [-0.25, -0.2) is 0 Å². The van der Waals surface area contributed by atoms with Gasteiger partial charge in [-0.1, -0.05) is 103 Å². The smallest absolute Gasteiger partial charge is 0.0148 e. The molecule has 0 aliphatic rings. The van der Waals surface area contributed by atoms with Crippen LogP contribution in [0.4, 0.5) is 0 Å². The quantitative estimate of drug-likeness (QED) is 0.254. The number of thioether (sulfide) groups is 1. The molecule has 0 bridgehead atoms. The summed E-state index contributed by atoms with van der Waals surface area (Å²) >= 11 is 1.79. The first-order valence-electron chi connectivity index (χ1n) is 9.42. The molecule has 1 heteroatoms. The van der Waals surface area contributed by atoms with Crippen LogP contribution in [-0.2, 0) is 0 Å². The Balaban J connectivity index is 1.95. The lowest BCUT2D eigenvalue weighted by Crippen LogP contribution is -1.93. The molecule has 4 aromatic rings. The van der Waals surface area contributed by atoms with Gasteiger partial charge < -0.3 is 0 Å². The third-order valence-corrected chi connectivity index (χ3v) is 5.61. The molecule has 0 nitrogen and oxygen atoms in total. The average Bonchev–Trinajstić information content (AvgIpc) is 2.79. The topological polar surface area (TPSA) is 0 Å². The molecule has 0 aromatic heterocycles. The lowest BCUT2D eigenvalue weighted by Gasteiger charge is -2.16. The summed E-state index contributed by atoms with van der Waals surface area (Å²) in [5.74, 6) is 0. The summed E-state index contributed by atoms with van der Waals surface area (Å²) in [6, 6.07) is 38.5. The van der Waals surface area contributed by atoms with Crippen molar-refractivity contribution in [3.8, 4) is 11.1 Å². The fourth-order valence-corrected chi connectivity index (χ4v) is 4.08. The number of hydrogen-bond donors (Lipinski definition) is 0. The maximum Gasteiger partial charge on any atom is 0.0148 e. The highest BCUT2D eigenvalue weighted by atomic mass is 32.2. The van der Waals surface area contributed by atoms with Crippen molar-refractivity contribution in [1.82, 2.24) is 0 Å². The highest BCUT2D eigenvalue weighted by Crippen LogP contribution is 2.37. The molecule has 28 heavy (non-hydrogen) atoms. The van der Waals surface area contributed by atoms with Crippen LogP contribution in [0.1, 0.15) is 16.7 Å². The van der Waals surface area contributed by atoms with E-state index in [9.17, 15) is 0 Å². The standard InChI is InChI=1S/C27H22S/c1-28-27-19-11-10-18-25(27)23-16-8-9-17-24(23)26(22-14-6-3-7-15-22)20-21-12-4-2-5-13-21/h2-20H,1H3. The Morgan fingerprint density at radius 1 is 0.607 bits per heavy atom. The van der Waals surface area contributed by atoms with Crippen molar-refractivity contribution in [3.63, 3.8) is 0 Å². The minimum Gasteiger partial charge on any atom is -0.129 e. The molecule has 136 valence electrons. The van der Waals surface area contributed by atoms with Crippen molar-refractivity contribution >= 4 is 23.4 Å². The average molecular weight is 379 g/mol. The molecule has 0 radical (unpaired) electrons. The van der Waals surface area contributed by atoms with Crippen molar-refractivity contribution in [2.24, 2.45) is 0 Å². The van der Waals surface area contributed by atoms with Gasteiger partial charge in [-0.05, 0) is 51.8 Å². The summed E-state index contributed by atoms with van der Waals surface area (Å²) in [4.78, 5) is 1.29. The summed E-state index contributed by atoms with van der Waals surface area (Å²) in [6.45, 7) is 0. The molecular formula is C27H22S. The molecule has 0 atom stereocenters. The summed E-state index contributed by atoms with van der Waals surface area (Å²) in [5.41, 5.74) is 7.45. The van der Waals surface area contributed by atoms with Crippen LogP contribution < -0.4 is 0 Å². The Hall–Kier alpha value is -3.03. The van der Waals surface area contributed by atoms with Gasteiger partial charge in [-0.3, -0.25) is 0 Å². The van der Waals surface area contributed by atoms with E-state index in [1.54, 1.807) is 11.8 Å². The molecule has 0 fully saturated rings. The normalized spacial score (nSPS) is 11.4. The maximum absolute atomic E-state index is 2.29. The van der Waals surface area contributed by atoms with Crippen LogP contribution in [0.2, 0.25) is 0 Å². The highest BCUT2D eigenvalue weighted by Gasteiger charge is 2.13. The van der Waals surface area contributed by atoms with E-state index < -0.39 is 0 Å². The van der Waals surface area contributed by atoms with Crippen LogP contribution >= 0.6 is 11.8 Å². The molecule has 0 heterocycles. The monoisotopic (exact) mass is 378 g/mol. The molecule has 0 unspecified atom stereocenters. The summed E-state index contributed by atoms with van der Waals surface area (Å²) in [7, 11) is 0. The van der Waals surface area contributed by atoms with E-state index in [2.05, 4.69) is 122 Å². The van der Waals surface area contributed by atoms with Gasteiger partial charge in [-0.15, -0.1) is 11.8 Å². The molecule has 0 N–H and O–H groups in total. The summed E-state index contributed by atoms with van der Waals surface area (Å²) in [5, 5.41) is 0. The largest absolute Gasteiger partial charge is 0.129 e. The Kier molecular flexibility index (Phi) is 5.75. The van der Waals surface area contributed by atoms with Crippen LogP contribution in [-0.4, -0.2) is 6.26 Å². The van der Waals surface area contributed by atoms with Gasteiger partial charge in [0.25, 0.3) is 0 Å². The van der Waals surface area contributed by atoms with Crippen LogP contribution in [0.5, 0.6) is 0 Å². The van der Waals surface area contributed by atoms with Gasteiger partial charge in [0.2, 0.25) is 0 Å². The zero-order valence-corrected chi connectivity index (χ0v) is 16.7. The Morgan fingerprint density at radius 3 is 1.89 bits per heavy atom. The minimum absolute atomic E-state index is 1.20. The Bertz CT molecular complexity index is 1080. The van der Waals surface area contributed by atoms with Crippen LogP contribution in [0.3, 0.4) is 0 Å². The predicted molar refractivity (Wildman–Crippen MR) is 124 cm³/mol. The van der Waals surface area contributed by atoms with Crippen LogP contribution in [0, 0.1) is 0 Å². The van der Waals surface area contributed by atoms with Crippen molar-refractivity contribution in [2.75, 3.05) is 6.26 Å². The number of benzene rings is 4. The molecule has 0 saturated heterocycles. The van der Waals surface area contributed by atoms with Gasteiger partial charge in [0, 0.05) is 4.90 Å². The molecule has 0 aliphatic heterocycles. The SMILES string of the molecule is CSc1ccccc1-c1ccccc1C(=Cc1ccccc1)c1ccccc1. The van der Waals surface area contributed by atoms with E-state index >= 15 is 0 Å². The van der Waals surface area contributed by atoms with Gasteiger partial charge in [-0.2, -0.15) is 0 Å². The van der Waals surface area contributed by atoms with E-state index in [0.717, 1.165) is 0 Å². The van der Waals surface area contributed by atoms with Gasteiger partial charge in [0.05, 0.1) is 0 Å². The lowest BCUT2D eigenvalue weighted by atomic mass is 9.89. The predicted octanol–water partition coefficient (Wildman–Crippen LogP) is 7.66. The lowest BCUT2D eigenvalue weighted by molar-refractivity contribution is 1.43. The molecule has 0 amide bonds. The first-order valence-corrected chi connectivity index (χ1v) is 10.6. The van der Waals surface area contributed by atoms with Crippen molar-refractivity contribution in [3.05, 3.63) is 126 Å².